The third-order valence-corrected chi connectivity index (χ3v) is 5.48. The van der Waals surface area contributed by atoms with Gasteiger partial charge in [-0.2, -0.15) is 0 Å². The monoisotopic (exact) mass is 423 g/mol. The van der Waals surface area contributed by atoms with Crippen molar-refractivity contribution in [2.45, 2.75) is 12.1 Å². The van der Waals surface area contributed by atoms with E-state index < -0.39 is 6.04 Å². The van der Waals surface area contributed by atoms with Gasteiger partial charge in [-0.3, -0.25) is 4.79 Å². The second-order valence-electron chi connectivity index (χ2n) is 7.60. The maximum Gasteiger partial charge on any atom is 0.287 e. The van der Waals surface area contributed by atoms with Gasteiger partial charge in [0.2, 0.25) is 0 Å². The minimum absolute atomic E-state index is 0.0290. The zero-order valence-electron chi connectivity index (χ0n) is 18.0. The van der Waals surface area contributed by atoms with E-state index in [0.29, 0.717) is 11.4 Å². The first-order valence-corrected chi connectivity index (χ1v) is 10.7. The predicted octanol–water partition coefficient (Wildman–Crippen LogP) is 4.73. The first-order chi connectivity index (χ1) is 15.7. The van der Waals surface area contributed by atoms with E-state index in [1.54, 1.807) is 7.11 Å². The second-order valence-corrected chi connectivity index (χ2v) is 7.60. The molecule has 1 amide bonds. The maximum absolute atomic E-state index is 13.5. The highest BCUT2D eigenvalue weighted by atomic mass is 16.5. The van der Waals surface area contributed by atoms with Gasteiger partial charge in [0.25, 0.3) is 5.91 Å². The average Bonchev–Trinajstić information content (AvgIpc) is 2.86. The molecule has 0 aliphatic heterocycles. The average molecular weight is 424 g/mol. The normalized spacial score (nSPS) is 11.7. The van der Waals surface area contributed by atoms with Crippen molar-refractivity contribution in [1.29, 1.82) is 0 Å². The second kappa shape index (κ2) is 10.4. The fraction of sp³-hybridized carbons (Fsp3) is 0.107. The third-order valence-electron chi connectivity index (χ3n) is 5.48. The number of nitrogens with two attached hydrogens (primary N) is 1. The highest BCUT2D eigenvalue weighted by Gasteiger charge is 2.30. The van der Waals surface area contributed by atoms with E-state index in [9.17, 15) is 4.79 Å². The first-order valence-electron chi connectivity index (χ1n) is 10.7. The summed E-state index contributed by atoms with van der Waals surface area (Å²) in [5, 5.41) is 5.21. The molecule has 4 rings (SSSR count). The Morgan fingerprint density at radius 3 is 1.78 bits per heavy atom. The Balaban J connectivity index is 1.68. The molecule has 32 heavy (non-hydrogen) atoms. The van der Waals surface area contributed by atoms with Gasteiger partial charge in [0.15, 0.2) is 6.04 Å². The summed E-state index contributed by atoms with van der Waals surface area (Å²) in [6.45, 7) is 0. The summed E-state index contributed by atoms with van der Waals surface area (Å²) in [6, 6.07) is 37.4. The maximum atomic E-state index is 13.5. The summed E-state index contributed by atoms with van der Waals surface area (Å²) < 4.78 is 5.30. The summed E-state index contributed by atoms with van der Waals surface area (Å²) >= 11 is 0. The molecule has 4 nitrogen and oxygen atoms in total. The molecule has 0 spiro atoms. The van der Waals surface area contributed by atoms with Gasteiger partial charge in [-0.1, -0.05) is 97.1 Å². The van der Waals surface area contributed by atoms with Gasteiger partial charge < -0.3 is 15.4 Å². The number of nitrogens with one attached hydrogen (secondary N) is 1. The molecule has 4 heteroatoms. The molecular formula is C28H27N2O2+. The molecule has 3 N–H and O–H groups in total. The Hall–Kier alpha value is -3.89. The van der Waals surface area contributed by atoms with E-state index in [4.69, 9.17) is 4.74 Å². The van der Waals surface area contributed by atoms with Gasteiger partial charge in [-0.05, 0) is 12.1 Å². The summed E-state index contributed by atoms with van der Waals surface area (Å²) in [7, 11) is 1.62. The number of methoxy groups -OCH3 is 1. The van der Waals surface area contributed by atoms with E-state index in [-0.39, 0.29) is 11.9 Å². The minimum Gasteiger partial charge on any atom is -0.497 e. The van der Waals surface area contributed by atoms with Crippen LogP contribution in [0, 0.1) is 0 Å². The Kier molecular flexibility index (Phi) is 6.95. The molecule has 0 aliphatic carbocycles. The Labute approximate surface area is 188 Å². The number of benzene rings is 4. The molecular weight excluding hydrogens is 396 g/mol. The standard InChI is InChI=1S/C28H26N2O2/c1-32-25-19-11-18-24(20-25)29-28(31)27(23-16-9-4-10-17-23)30-26(21-12-5-2-6-13-21)22-14-7-3-8-15-22/h2-20,26-27,30H,1H3,(H,29,31)/p+1/t27-/m1/s1. The van der Waals surface area contributed by atoms with Crippen LogP contribution in [0.1, 0.15) is 28.8 Å². The fourth-order valence-electron chi connectivity index (χ4n) is 3.86. The topological polar surface area (TPSA) is 54.9 Å². The van der Waals surface area contributed by atoms with Crippen LogP contribution in [-0.4, -0.2) is 13.0 Å². The number of rotatable bonds is 8. The van der Waals surface area contributed by atoms with E-state index in [1.807, 2.05) is 91.0 Å². The molecule has 0 radical (unpaired) electrons. The van der Waals surface area contributed by atoms with Gasteiger partial charge >= 0.3 is 0 Å². The lowest BCUT2D eigenvalue weighted by atomic mass is 9.96. The molecule has 0 saturated heterocycles. The van der Waals surface area contributed by atoms with Crippen LogP contribution in [-0.2, 0) is 4.79 Å². The molecule has 0 aliphatic rings. The molecule has 160 valence electrons. The zero-order chi connectivity index (χ0) is 22.2. The number of amides is 1. The zero-order valence-corrected chi connectivity index (χ0v) is 18.0. The van der Waals surface area contributed by atoms with Crippen LogP contribution in [0.15, 0.2) is 115 Å². The molecule has 4 aromatic carbocycles. The highest BCUT2D eigenvalue weighted by molar-refractivity contribution is 5.94. The van der Waals surface area contributed by atoms with E-state index in [0.717, 1.165) is 16.7 Å². The van der Waals surface area contributed by atoms with E-state index >= 15 is 0 Å². The number of carbonyl (C=O) groups excluding carboxylic acids is 1. The van der Waals surface area contributed by atoms with E-state index in [2.05, 4.69) is 34.9 Å². The molecule has 0 heterocycles. The van der Waals surface area contributed by atoms with E-state index in [1.165, 1.54) is 0 Å². The van der Waals surface area contributed by atoms with Crippen LogP contribution in [0.2, 0.25) is 0 Å². The van der Waals surface area contributed by atoms with Gasteiger partial charge in [0.05, 0.1) is 7.11 Å². The number of carbonyl (C=O) groups is 1. The number of hydrogen-bond acceptors (Lipinski definition) is 2. The molecule has 0 saturated carbocycles. The molecule has 0 unspecified atom stereocenters. The third kappa shape index (κ3) is 5.23. The largest absolute Gasteiger partial charge is 0.497 e. The predicted molar refractivity (Wildman–Crippen MR) is 127 cm³/mol. The number of quaternary nitrogens is 1. The lowest BCUT2D eigenvalue weighted by Gasteiger charge is -2.23. The summed E-state index contributed by atoms with van der Waals surface area (Å²) in [5.41, 5.74) is 3.95. The van der Waals surface area contributed by atoms with Gasteiger partial charge in [-0.25, -0.2) is 0 Å². The van der Waals surface area contributed by atoms with Crippen molar-refractivity contribution in [1.82, 2.24) is 0 Å². The van der Waals surface area contributed by atoms with Gasteiger partial charge in [-0.15, -0.1) is 0 Å². The molecule has 1 atom stereocenters. The van der Waals surface area contributed by atoms with Crippen LogP contribution in [0.3, 0.4) is 0 Å². The van der Waals surface area contributed by atoms with Gasteiger partial charge in [0, 0.05) is 28.4 Å². The van der Waals surface area contributed by atoms with Crippen LogP contribution in [0.25, 0.3) is 0 Å². The van der Waals surface area contributed by atoms with Crippen molar-refractivity contribution in [3.05, 3.63) is 132 Å². The minimum atomic E-state index is -0.437. The SMILES string of the molecule is COc1cccc(NC(=O)[C@H]([NH2+]C(c2ccccc2)c2ccccc2)c2ccccc2)c1. The van der Waals surface area contributed by atoms with Crippen molar-refractivity contribution in [2.24, 2.45) is 0 Å². The summed E-state index contributed by atoms with van der Waals surface area (Å²) in [4.78, 5) is 13.5. The number of ether oxygens (including phenoxy) is 1. The Bertz CT molecular complexity index is 1090. The molecule has 0 fully saturated rings. The number of hydrogen-bond donors (Lipinski definition) is 2. The van der Waals surface area contributed by atoms with Gasteiger partial charge in [0.1, 0.15) is 11.8 Å². The highest BCUT2D eigenvalue weighted by Crippen LogP contribution is 2.22. The van der Waals surface area contributed by atoms with Crippen LogP contribution in [0.5, 0.6) is 5.75 Å². The van der Waals surface area contributed by atoms with Crippen LogP contribution >= 0.6 is 0 Å². The molecule has 0 bridgehead atoms. The van der Waals surface area contributed by atoms with Crippen LogP contribution < -0.4 is 15.4 Å². The van der Waals surface area contributed by atoms with Crippen LogP contribution in [0.4, 0.5) is 5.69 Å². The fourth-order valence-corrected chi connectivity index (χ4v) is 3.86. The summed E-state index contributed by atoms with van der Waals surface area (Å²) in [5.74, 6) is 0.621. The lowest BCUT2D eigenvalue weighted by Crippen LogP contribution is -2.88. The van der Waals surface area contributed by atoms with Crippen molar-refractivity contribution in [3.8, 4) is 5.75 Å². The smallest absolute Gasteiger partial charge is 0.287 e. The Morgan fingerprint density at radius 2 is 1.25 bits per heavy atom. The quantitative estimate of drug-likeness (QED) is 0.431. The van der Waals surface area contributed by atoms with Crippen molar-refractivity contribution >= 4 is 11.6 Å². The van der Waals surface area contributed by atoms with Crippen molar-refractivity contribution in [3.63, 3.8) is 0 Å². The van der Waals surface area contributed by atoms with Crippen molar-refractivity contribution < 1.29 is 14.8 Å². The Morgan fingerprint density at radius 1 is 0.719 bits per heavy atom. The number of anilines is 1. The lowest BCUT2D eigenvalue weighted by molar-refractivity contribution is -0.713. The molecule has 0 aromatic heterocycles. The first kappa shape index (κ1) is 21.3. The summed E-state index contributed by atoms with van der Waals surface area (Å²) in [6.07, 6.45) is 0. The molecule has 4 aromatic rings. The van der Waals surface area contributed by atoms with Crippen molar-refractivity contribution in [2.75, 3.05) is 12.4 Å².